The van der Waals surface area contributed by atoms with Crippen LogP contribution in [0.15, 0.2) is 66.9 Å². The van der Waals surface area contributed by atoms with Crippen molar-refractivity contribution < 1.29 is 4.92 Å². The number of allylic oxidation sites excluding steroid dienone is 1. The van der Waals surface area contributed by atoms with Gasteiger partial charge in [0.2, 0.25) is 0 Å². The SMILES string of the molecule is O=[N+]([O-])c1cccc2ccn(C/C=C/c3ccccc3)c12. The van der Waals surface area contributed by atoms with Crippen LogP contribution >= 0.6 is 0 Å². The molecule has 1 aromatic heterocycles. The van der Waals surface area contributed by atoms with Crippen LogP contribution in [0.2, 0.25) is 0 Å². The number of nitrogens with zero attached hydrogens (tertiary/aromatic N) is 2. The summed E-state index contributed by atoms with van der Waals surface area (Å²) < 4.78 is 1.90. The van der Waals surface area contributed by atoms with Crippen LogP contribution < -0.4 is 0 Å². The molecule has 0 saturated heterocycles. The van der Waals surface area contributed by atoms with Gasteiger partial charge in [-0.05, 0) is 11.6 Å². The van der Waals surface area contributed by atoms with E-state index >= 15 is 0 Å². The highest BCUT2D eigenvalue weighted by Crippen LogP contribution is 2.26. The molecule has 0 aliphatic carbocycles. The third-order valence-corrected chi connectivity index (χ3v) is 3.38. The second kappa shape index (κ2) is 5.63. The maximum atomic E-state index is 11.1. The Hall–Kier alpha value is -2.88. The number of hydrogen-bond acceptors (Lipinski definition) is 2. The molecule has 1 heterocycles. The van der Waals surface area contributed by atoms with Gasteiger partial charge >= 0.3 is 0 Å². The Morgan fingerprint density at radius 2 is 1.86 bits per heavy atom. The van der Waals surface area contributed by atoms with Crippen LogP contribution in [-0.2, 0) is 6.54 Å². The summed E-state index contributed by atoms with van der Waals surface area (Å²) in [6.07, 6.45) is 5.90. The molecule has 0 unspecified atom stereocenters. The molecular weight excluding hydrogens is 264 g/mol. The van der Waals surface area contributed by atoms with E-state index in [-0.39, 0.29) is 10.6 Å². The summed E-state index contributed by atoms with van der Waals surface area (Å²) in [5.41, 5.74) is 1.93. The summed E-state index contributed by atoms with van der Waals surface area (Å²) in [7, 11) is 0. The van der Waals surface area contributed by atoms with Crippen molar-refractivity contribution in [2.75, 3.05) is 0 Å². The number of hydrogen-bond donors (Lipinski definition) is 0. The lowest BCUT2D eigenvalue weighted by atomic mass is 10.2. The Morgan fingerprint density at radius 3 is 2.62 bits per heavy atom. The van der Waals surface area contributed by atoms with Crippen LogP contribution in [-0.4, -0.2) is 9.49 Å². The van der Waals surface area contributed by atoms with Crippen LogP contribution in [0.1, 0.15) is 5.56 Å². The van der Waals surface area contributed by atoms with Crippen molar-refractivity contribution >= 4 is 22.7 Å². The molecule has 4 nitrogen and oxygen atoms in total. The molecule has 2 aromatic carbocycles. The van der Waals surface area contributed by atoms with Gasteiger partial charge < -0.3 is 4.57 Å². The highest BCUT2D eigenvalue weighted by Gasteiger charge is 2.14. The second-order valence-corrected chi connectivity index (χ2v) is 4.75. The maximum absolute atomic E-state index is 11.1. The molecule has 0 aliphatic rings. The lowest BCUT2D eigenvalue weighted by molar-refractivity contribution is -0.383. The Balaban J connectivity index is 1.91. The van der Waals surface area contributed by atoms with Crippen LogP contribution in [0.3, 0.4) is 0 Å². The molecule has 0 spiro atoms. The van der Waals surface area contributed by atoms with Gasteiger partial charge in [-0.3, -0.25) is 10.1 Å². The van der Waals surface area contributed by atoms with Crippen molar-refractivity contribution in [3.8, 4) is 0 Å². The zero-order valence-electron chi connectivity index (χ0n) is 11.3. The van der Waals surface area contributed by atoms with Gasteiger partial charge in [0.25, 0.3) is 5.69 Å². The maximum Gasteiger partial charge on any atom is 0.293 e. The van der Waals surface area contributed by atoms with Crippen molar-refractivity contribution in [3.05, 3.63) is 82.5 Å². The normalized spacial score (nSPS) is 11.2. The molecule has 4 heteroatoms. The van der Waals surface area contributed by atoms with E-state index in [1.165, 1.54) is 0 Å². The Bertz CT molecular complexity index is 804. The summed E-state index contributed by atoms with van der Waals surface area (Å²) in [4.78, 5) is 10.8. The molecule has 0 radical (unpaired) electrons. The van der Waals surface area contributed by atoms with Crippen LogP contribution in [0.4, 0.5) is 5.69 Å². The molecule has 0 aliphatic heterocycles. The first-order valence-electron chi connectivity index (χ1n) is 6.69. The van der Waals surface area contributed by atoms with E-state index in [1.807, 2.05) is 65.4 Å². The van der Waals surface area contributed by atoms with Crippen LogP contribution in [0.5, 0.6) is 0 Å². The van der Waals surface area contributed by atoms with Crippen molar-refractivity contribution in [1.82, 2.24) is 4.57 Å². The molecule has 3 rings (SSSR count). The van der Waals surface area contributed by atoms with E-state index in [4.69, 9.17) is 0 Å². The monoisotopic (exact) mass is 278 g/mol. The van der Waals surface area contributed by atoms with Crippen molar-refractivity contribution in [2.45, 2.75) is 6.54 Å². The van der Waals surface area contributed by atoms with Gasteiger partial charge in [-0.15, -0.1) is 0 Å². The summed E-state index contributed by atoms with van der Waals surface area (Å²) in [6, 6.07) is 17.0. The number of rotatable bonds is 4. The minimum atomic E-state index is -0.334. The molecule has 104 valence electrons. The smallest absolute Gasteiger partial charge is 0.293 e. The van der Waals surface area contributed by atoms with Gasteiger partial charge in [-0.1, -0.05) is 54.6 Å². The predicted octanol–water partition coefficient (Wildman–Crippen LogP) is 4.26. The number of nitro groups is 1. The van der Waals surface area contributed by atoms with Crippen LogP contribution in [0, 0.1) is 10.1 Å². The van der Waals surface area contributed by atoms with E-state index in [0.717, 1.165) is 10.9 Å². The molecule has 0 saturated carbocycles. The molecule has 0 fully saturated rings. The number of benzene rings is 2. The lowest BCUT2D eigenvalue weighted by Crippen LogP contribution is -1.97. The Kier molecular flexibility index (Phi) is 3.51. The number of fused-ring (bicyclic) bond motifs is 1. The van der Waals surface area contributed by atoms with E-state index in [2.05, 4.69) is 0 Å². The van der Waals surface area contributed by atoms with Crippen LogP contribution in [0.25, 0.3) is 17.0 Å². The van der Waals surface area contributed by atoms with Crippen molar-refractivity contribution in [2.24, 2.45) is 0 Å². The fourth-order valence-corrected chi connectivity index (χ4v) is 2.41. The van der Waals surface area contributed by atoms with Gasteiger partial charge in [0.15, 0.2) is 0 Å². The Labute approximate surface area is 122 Å². The zero-order chi connectivity index (χ0) is 14.7. The largest absolute Gasteiger partial charge is 0.338 e. The highest BCUT2D eigenvalue weighted by molar-refractivity contribution is 5.88. The first kappa shape index (κ1) is 13.1. The summed E-state index contributed by atoms with van der Waals surface area (Å²) in [5, 5.41) is 12.0. The first-order valence-corrected chi connectivity index (χ1v) is 6.69. The standard InChI is InChI=1S/C17H14N2O2/c20-19(21)16-10-4-9-15-11-13-18(17(15)16)12-5-8-14-6-2-1-3-7-14/h1-11,13H,12H2/b8-5+. The zero-order valence-corrected chi connectivity index (χ0v) is 11.3. The summed E-state index contributed by atoms with van der Waals surface area (Å²) in [6.45, 7) is 0.600. The predicted molar refractivity (Wildman–Crippen MR) is 84.1 cm³/mol. The van der Waals surface area contributed by atoms with Gasteiger partial charge in [0, 0.05) is 24.2 Å². The minimum Gasteiger partial charge on any atom is -0.338 e. The Morgan fingerprint density at radius 1 is 1.05 bits per heavy atom. The number of para-hydroxylation sites is 1. The summed E-state index contributed by atoms with van der Waals surface area (Å²) >= 11 is 0. The van der Waals surface area contributed by atoms with Gasteiger partial charge in [-0.25, -0.2) is 0 Å². The van der Waals surface area contributed by atoms with E-state index in [9.17, 15) is 10.1 Å². The van der Waals surface area contributed by atoms with E-state index in [0.29, 0.717) is 12.1 Å². The quantitative estimate of drug-likeness (QED) is 0.528. The molecule has 0 amide bonds. The minimum absolute atomic E-state index is 0.144. The number of aromatic nitrogens is 1. The second-order valence-electron chi connectivity index (χ2n) is 4.75. The molecule has 0 N–H and O–H groups in total. The van der Waals surface area contributed by atoms with Crippen molar-refractivity contribution in [3.63, 3.8) is 0 Å². The van der Waals surface area contributed by atoms with E-state index in [1.54, 1.807) is 12.1 Å². The average molecular weight is 278 g/mol. The molecule has 3 aromatic rings. The lowest BCUT2D eigenvalue weighted by Gasteiger charge is -2.02. The molecule has 0 atom stereocenters. The molecule has 0 bridgehead atoms. The average Bonchev–Trinajstić information content (AvgIpc) is 2.91. The topological polar surface area (TPSA) is 48.1 Å². The fraction of sp³-hybridized carbons (Fsp3) is 0.0588. The van der Waals surface area contributed by atoms with Gasteiger partial charge in [-0.2, -0.15) is 0 Å². The summed E-state index contributed by atoms with van der Waals surface area (Å²) in [5.74, 6) is 0. The number of nitro benzene ring substituents is 1. The van der Waals surface area contributed by atoms with Crippen molar-refractivity contribution in [1.29, 1.82) is 0 Å². The number of non-ortho nitro benzene ring substituents is 1. The highest BCUT2D eigenvalue weighted by atomic mass is 16.6. The first-order chi connectivity index (χ1) is 10.3. The third kappa shape index (κ3) is 2.69. The third-order valence-electron chi connectivity index (χ3n) is 3.38. The molecule has 21 heavy (non-hydrogen) atoms. The molecular formula is C17H14N2O2. The van der Waals surface area contributed by atoms with Gasteiger partial charge in [0.1, 0.15) is 5.52 Å². The van der Waals surface area contributed by atoms with E-state index < -0.39 is 0 Å². The fourth-order valence-electron chi connectivity index (χ4n) is 2.41. The van der Waals surface area contributed by atoms with Gasteiger partial charge in [0.05, 0.1) is 4.92 Å².